The number of pyridine rings is 1. The molecule has 2 unspecified atom stereocenters. The van der Waals surface area contributed by atoms with Crippen LogP contribution in [-0.4, -0.2) is 47.5 Å². The van der Waals surface area contributed by atoms with E-state index >= 15 is 0 Å². The second-order valence-corrected chi connectivity index (χ2v) is 5.93. The summed E-state index contributed by atoms with van der Waals surface area (Å²) in [7, 11) is 0. The molecule has 2 saturated heterocycles. The summed E-state index contributed by atoms with van der Waals surface area (Å²) in [6.45, 7) is 5.17. The summed E-state index contributed by atoms with van der Waals surface area (Å²) in [6.07, 6.45) is 6.52. The number of amides is 1. The first-order chi connectivity index (χ1) is 10.3. The number of nitrogens with one attached hydrogen (secondary N) is 2. The van der Waals surface area contributed by atoms with Gasteiger partial charge in [0.05, 0.1) is 5.56 Å². The molecule has 5 heteroatoms. The monoisotopic (exact) mass is 288 g/mol. The molecule has 21 heavy (non-hydrogen) atoms. The quantitative estimate of drug-likeness (QED) is 0.888. The molecule has 2 aliphatic heterocycles. The molecule has 114 valence electrons. The maximum atomic E-state index is 12.4. The van der Waals surface area contributed by atoms with Gasteiger partial charge in [-0.15, -0.1) is 0 Å². The zero-order valence-corrected chi connectivity index (χ0v) is 12.6. The smallest absolute Gasteiger partial charge is 0.253 e. The molecule has 2 N–H and O–H groups in total. The summed E-state index contributed by atoms with van der Waals surface area (Å²) in [6, 6.07) is 4.54. The van der Waals surface area contributed by atoms with Crippen molar-refractivity contribution in [2.45, 2.75) is 44.7 Å². The Hall–Kier alpha value is -1.62. The predicted molar refractivity (Wildman–Crippen MR) is 83.5 cm³/mol. The Morgan fingerprint density at radius 2 is 2.24 bits per heavy atom. The molecule has 2 aliphatic rings. The first-order valence-electron chi connectivity index (χ1n) is 8.03. The molecule has 1 aromatic rings. The minimum absolute atomic E-state index is 0.00275. The molecule has 0 aliphatic carbocycles. The van der Waals surface area contributed by atoms with Gasteiger partial charge in [0.1, 0.15) is 5.82 Å². The molecule has 0 radical (unpaired) electrons. The average molecular weight is 288 g/mol. The third-order valence-corrected chi connectivity index (χ3v) is 4.56. The molecule has 2 atom stereocenters. The highest BCUT2D eigenvalue weighted by atomic mass is 16.1. The number of rotatable bonds is 4. The van der Waals surface area contributed by atoms with Gasteiger partial charge in [0.25, 0.3) is 5.91 Å². The number of nitrogens with zero attached hydrogens (tertiary/aromatic N) is 2. The fourth-order valence-corrected chi connectivity index (χ4v) is 3.48. The molecular weight excluding hydrogens is 264 g/mol. The van der Waals surface area contributed by atoms with E-state index in [1.165, 1.54) is 25.8 Å². The second kappa shape index (κ2) is 6.43. The van der Waals surface area contributed by atoms with Crippen molar-refractivity contribution in [3.05, 3.63) is 23.9 Å². The van der Waals surface area contributed by atoms with Gasteiger partial charge in [0.2, 0.25) is 0 Å². The topological polar surface area (TPSA) is 57.3 Å². The summed E-state index contributed by atoms with van der Waals surface area (Å²) in [5.41, 5.74) is 0.644. The number of carbonyl (C=O) groups is 1. The second-order valence-electron chi connectivity index (χ2n) is 5.93. The highest BCUT2D eigenvalue weighted by Crippen LogP contribution is 2.27. The molecule has 1 aromatic heterocycles. The van der Waals surface area contributed by atoms with E-state index in [1.54, 1.807) is 6.20 Å². The van der Waals surface area contributed by atoms with Crippen LogP contribution in [0.4, 0.5) is 5.82 Å². The van der Waals surface area contributed by atoms with Crippen molar-refractivity contribution >= 4 is 11.7 Å². The minimum atomic E-state index is 0.00275. The highest BCUT2D eigenvalue weighted by Gasteiger charge is 2.36. The predicted octanol–water partition coefficient (Wildman–Crippen LogP) is 1.87. The molecule has 3 rings (SSSR count). The van der Waals surface area contributed by atoms with Crippen LogP contribution in [0.15, 0.2) is 18.3 Å². The number of anilines is 1. The third kappa shape index (κ3) is 3.18. The lowest BCUT2D eigenvalue weighted by atomic mass is 9.99. The highest BCUT2D eigenvalue weighted by molar-refractivity contribution is 5.94. The maximum absolute atomic E-state index is 12.4. The molecule has 2 fully saturated rings. The van der Waals surface area contributed by atoms with E-state index in [0.29, 0.717) is 17.6 Å². The van der Waals surface area contributed by atoms with Crippen LogP contribution in [0.3, 0.4) is 0 Å². The normalized spacial score (nSPS) is 25.4. The lowest BCUT2D eigenvalue weighted by Crippen LogP contribution is -2.46. The van der Waals surface area contributed by atoms with E-state index in [2.05, 4.69) is 20.5 Å². The minimum Gasteiger partial charge on any atom is -0.370 e. The fourth-order valence-electron chi connectivity index (χ4n) is 3.48. The van der Waals surface area contributed by atoms with Crippen LogP contribution in [0.1, 0.15) is 43.0 Å². The van der Waals surface area contributed by atoms with Crippen LogP contribution in [0, 0.1) is 0 Å². The van der Waals surface area contributed by atoms with E-state index in [0.717, 1.165) is 25.3 Å². The maximum Gasteiger partial charge on any atom is 0.253 e. The molecule has 3 heterocycles. The molecule has 0 saturated carbocycles. The van der Waals surface area contributed by atoms with Crippen molar-refractivity contribution in [3.8, 4) is 0 Å². The Labute approximate surface area is 126 Å². The molecule has 5 nitrogen and oxygen atoms in total. The van der Waals surface area contributed by atoms with Crippen molar-refractivity contribution < 1.29 is 4.79 Å². The van der Waals surface area contributed by atoms with Crippen LogP contribution in [-0.2, 0) is 0 Å². The number of carbonyl (C=O) groups excluding carboxylic acids is 1. The van der Waals surface area contributed by atoms with Crippen LogP contribution in [0.25, 0.3) is 0 Å². The molecule has 0 spiro atoms. The molecule has 0 aromatic carbocycles. The van der Waals surface area contributed by atoms with Crippen LogP contribution in [0.2, 0.25) is 0 Å². The number of fused-ring (bicyclic) bond motifs is 1. The summed E-state index contributed by atoms with van der Waals surface area (Å²) < 4.78 is 0. The largest absolute Gasteiger partial charge is 0.370 e. The van der Waals surface area contributed by atoms with E-state index in [9.17, 15) is 4.79 Å². The lowest BCUT2D eigenvalue weighted by Gasteiger charge is -2.32. The fraction of sp³-hybridized carbons (Fsp3) is 0.625. The van der Waals surface area contributed by atoms with Crippen molar-refractivity contribution in [2.75, 3.05) is 25.0 Å². The Morgan fingerprint density at radius 1 is 1.33 bits per heavy atom. The van der Waals surface area contributed by atoms with Crippen LogP contribution >= 0.6 is 0 Å². The van der Waals surface area contributed by atoms with E-state index in [-0.39, 0.29) is 5.91 Å². The Morgan fingerprint density at radius 3 is 3.00 bits per heavy atom. The van der Waals surface area contributed by atoms with Gasteiger partial charge in [-0.2, -0.15) is 0 Å². The van der Waals surface area contributed by atoms with Gasteiger partial charge in [0, 0.05) is 31.4 Å². The van der Waals surface area contributed by atoms with E-state index in [1.807, 2.05) is 19.1 Å². The SMILES string of the molecule is CCNc1ccc(C(=O)NC2CCN3CCCCC23)cn1. The van der Waals surface area contributed by atoms with Crippen LogP contribution < -0.4 is 10.6 Å². The van der Waals surface area contributed by atoms with Gasteiger partial charge in [0.15, 0.2) is 0 Å². The zero-order chi connectivity index (χ0) is 14.7. The first-order valence-corrected chi connectivity index (χ1v) is 8.03. The van der Waals surface area contributed by atoms with Gasteiger partial charge < -0.3 is 10.6 Å². The standard InChI is InChI=1S/C16H24N4O/c1-2-17-15-7-6-12(11-18-15)16(21)19-13-8-10-20-9-4-3-5-14(13)20/h6-7,11,13-14H,2-5,8-10H2,1H3,(H,17,18)(H,19,21). The van der Waals surface area contributed by atoms with Gasteiger partial charge in [-0.3, -0.25) is 9.69 Å². The summed E-state index contributed by atoms with van der Waals surface area (Å²) in [4.78, 5) is 19.1. The lowest BCUT2D eigenvalue weighted by molar-refractivity contribution is 0.0915. The number of aromatic nitrogens is 1. The Bertz CT molecular complexity index is 488. The summed E-state index contributed by atoms with van der Waals surface area (Å²) in [5, 5.41) is 6.34. The number of piperidine rings is 1. The summed E-state index contributed by atoms with van der Waals surface area (Å²) >= 11 is 0. The number of hydrogen-bond acceptors (Lipinski definition) is 4. The van der Waals surface area contributed by atoms with Gasteiger partial charge >= 0.3 is 0 Å². The molecule has 1 amide bonds. The third-order valence-electron chi connectivity index (χ3n) is 4.56. The van der Waals surface area contributed by atoms with Gasteiger partial charge in [-0.05, 0) is 44.9 Å². The average Bonchev–Trinajstić information content (AvgIpc) is 2.92. The first kappa shape index (κ1) is 14.3. The van der Waals surface area contributed by atoms with Crippen molar-refractivity contribution in [3.63, 3.8) is 0 Å². The van der Waals surface area contributed by atoms with Crippen molar-refractivity contribution in [2.24, 2.45) is 0 Å². The van der Waals surface area contributed by atoms with E-state index < -0.39 is 0 Å². The number of hydrogen-bond donors (Lipinski definition) is 2. The Balaban J connectivity index is 1.60. The molecular formula is C16H24N4O. The van der Waals surface area contributed by atoms with E-state index in [4.69, 9.17) is 0 Å². The molecule has 0 bridgehead atoms. The Kier molecular flexibility index (Phi) is 4.39. The summed E-state index contributed by atoms with van der Waals surface area (Å²) in [5.74, 6) is 0.816. The van der Waals surface area contributed by atoms with Crippen molar-refractivity contribution in [1.29, 1.82) is 0 Å². The van der Waals surface area contributed by atoms with Gasteiger partial charge in [-0.25, -0.2) is 4.98 Å². The van der Waals surface area contributed by atoms with Crippen LogP contribution in [0.5, 0.6) is 0 Å². The van der Waals surface area contributed by atoms with Gasteiger partial charge in [-0.1, -0.05) is 6.42 Å². The van der Waals surface area contributed by atoms with Crippen molar-refractivity contribution in [1.82, 2.24) is 15.2 Å². The zero-order valence-electron chi connectivity index (χ0n) is 12.6.